The van der Waals surface area contributed by atoms with E-state index in [2.05, 4.69) is 5.32 Å². The van der Waals surface area contributed by atoms with Crippen LogP contribution in [0.3, 0.4) is 0 Å². The number of benzene rings is 1. The Morgan fingerprint density at radius 1 is 1.38 bits per heavy atom. The number of ether oxygens (including phenoxy) is 4. The second-order valence-corrected chi connectivity index (χ2v) is 6.83. The molecule has 26 heavy (non-hydrogen) atoms. The Bertz CT molecular complexity index is 677. The van der Waals surface area contributed by atoms with Crippen molar-refractivity contribution < 1.29 is 33.6 Å². The zero-order valence-corrected chi connectivity index (χ0v) is 14.9. The normalized spacial score (nSPS) is 33.0. The molecule has 0 unspecified atom stereocenters. The molecule has 0 bridgehead atoms. The number of hydrogen-bond donors (Lipinski definition) is 2. The van der Waals surface area contributed by atoms with Gasteiger partial charge in [-0.05, 0) is 26.0 Å². The van der Waals surface area contributed by atoms with Crippen LogP contribution in [0.1, 0.15) is 31.1 Å². The minimum Gasteiger partial charge on any atom is -0.462 e. The maximum Gasteiger partial charge on any atom is 0.223 e. The van der Waals surface area contributed by atoms with Crippen molar-refractivity contribution in [1.82, 2.24) is 5.32 Å². The smallest absolute Gasteiger partial charge is 0.223 e. The van der Waals surface area contributed by atoms with Crippen molar-refractivity contribution in [2.24, 2.45) is 0 Å². The third-order valence-corrected chi connectivity index (χ3v) is 4.35. The van der Waals surface area contributed by atoms with Crippen LogP contribution < -0.4 is 10.1 Å². The highest BCUT2D eigenvalue weighted by molar-refractivity contribution is 5.79. The van der Waals surface area contributed by atoms with Gasteiger partial charge in [0.05, 0.1) is 12.2 Å². The second-order valence-electron chi connectivity index (χ2n) is 6.83. The maximum absolute atomic E-state index is 11.6. The van der Waals surface area contributed by atoms with Crippen LogP contribution in [0.15, 0.2) is 24.3 Å². The fraction of sp³-hybridized carbons (Fsp3) is 0.556. The van der Waals surface area contributed by atoms with Crippen molar-refractivity contribution in [3.63, 3.8) is 0 Å². The van der Waals surface area contributed by atoms with Gasteiger partial charge in [-0.15, -0.1) is 0 Å². The molecule has 142 valence electrons. The van der Waals surface area contributed by atoms with Crippen LogP contribution in [0.5, 0.6) is 5.75 Å². The number of aliphatic hydroxyl groups is 1. The molecular weight excluding hydrogens is 342 g/mol. The van der Waals surface area contributed by atoms with Crippen LogP contribution in [-0.2, 0) is 19.0 Å². The summed E-state index contributed by atoms with van der Waals surface area (Å²) in [5.74, 6) is -0.921. The Morgan fingerprint density at radius 3 is 2.81 bits per heavy atom. The van der Waals surface area contributed by atoms with Gasteiger partial charge < -0.3 is 29.4 Å². The van der Waals surface area contributed by atoms with Crippen LogP contribution in [-0.4, -0.2) is 60.3 Å². The third-order valence-electron chi connectivity index (χ3n) is 4.35. The van der Waals surface area contributed by atoms with Crippen molar-refractivity contribution in [3.8, 4) is 5.75 Å². The lowest BCUT2D eigenvalue weighted by molar-refractivity contribution is -0.361. The first-order valence-electron chi connectivity index (χ1n) is 8.44. The van der Waals surface area contributed by atoms with E-state index in [9.17, 15) is 14.7 Å². The lowest BCUT2D eigenvalue weighted by Gasteiger charge is -2.49. The summed E-state index contributed by atoms with van der Waals surface area (Å²) in [6.45, 7) is 5.03. The zero-order chi connectivity index (χ0) is 18.9. The predicted molar refractivity (Wildman–Crippen MR) is 89.6 cm³/mol. The summed E-state index contributed by atoms with van der Waals surface area (Å²) in [7, 11) is 0. The number of para-hydroxylation sites is 1. The topological polar surface area (TPSA) is 103 Å². The Balaban J connectivity index is 1.85. The number of hydrogen-bond acceptors (Lipinski definition) is 7. The number of aldehydes is 1. The highest BCUT2D eigenvalue weighted by Crippen LogP contribution is 2.33. The van der Waals surface area contributed by atoms with Crippen LogP contribution in [0, 0.1) is 0 Å². The molecule has 8 heteroatoms. The number of carbonyl (C=O) groups excluding carboxylic acids is 2. The van der Waals surface area contributed by atoms with E-state index < -0.39 is 36.4 Å². The minimum absolute atomic E-state index is 0.205. The number of rotatable bonds is 4. The largest absolute Gasteiger partial charge is 0.462 e. The third kappa shape index (κ3) is 3.88. The molecule has 0 radical (unpaired) electrons. The molecular formula is C18H23NO7. The molecule has 2 N–H and O–H groups in total. The van der Waals surface area contributed by atoms with E-state index in [-0.39, 0.29) is 12.5 Å². The Hall–Kier alpha value is -2.00. The average molecular weight is 365 g/mol. The molecule has 1 amide bonds. The zero-order valence-electron chi connectivity index (χ0n) is 14.9. The van der Waals surface area contributed by atoms with Gasteiger partial charge in [0, 0.05) is 6.92 Å². The monoisotopic (exact) mass is 365 g/mol. The molecule has 2 heterocycles. The van der Waals surface area contributed by atoms with E-state index in [4.69, 9.17) is 18.9 Å². The summed E-state index contributed by atoms with van der Waals surface area (Å²) < 4.78 is 23.1. The van der Waals surface area contributed by atoms with Crippen molar-refractivity contribution in [2.45, 2.75) is 57.2 Å². The van der Waals surface area contributed by atoms with Gasteiger partial charge in [0.2, 0.25) is 12.2 Å². The molecule has 0 aliphatic carbocycles. The quantitative estimate of drug-likeness (QED) is 0.754. The average Bonchev–Trinajstić information content (AvgIpc) is 2.59. The molecule has 5 atom stereocenters. The summed E-state index contributed by atoms with van der Waals surface area (Å²) in [4.78, 5) is 22.8. The highest BCUT2D eigenvalue weighted by Gasteiger charge is 2.52. The standard InChI is InChI=1S/C18H23NO7/c1-10(21)19-14-15(22)16-13(9-23-18(2,3)26-16)25-17(14)24-12-7-5-4-6-11(12)8-20/h4-8,13-17,22H,9H2,1-3H3,(H,19,21)/t13-,14-,15-,16-,17-/m1/s1. The van der Waals surface area contributed by atoms with E-state index in [0.29, 0.717) is 17.6 Å². The van der Waals surface area contributed by atoms with Crippen LogP contribution >= 0.6 is 0 Å². The van der Waals surface area contributed by atoms with Gasteiger partial charge in [-0.2, -0.15) is 0 Å². The number of nitrogens with one attached hydrogen (secondary N) is 1. The van der Waals surface area contributed by atoms with Crippen LogP contribution in [0.25, 0.3) is 0 Å². The van der Waals surface area contributed by atoms with E-state index >= 15 is 0 Å². The molecule has 2 fully saturated rings. The van der Waals surface area contributed by atoms with E-state index in [1.807, 2.05) is 0 Å². The molecule has 0 saturated carbocycles. The lowest BCUT2D eigenvalue weighted by Crippen LogP contribution is -2.69. The fourth-order valence-corrected chi connectivity index (χ4v) is 3.14. The molecule has 2 aliphatic rings. The SMILES string of the molecule is CC(=O)N[C@H]1[C@H](Oc2ccccc2C=O)O[C@@H]2COC(C)(C)O[C@H]2[C@@H]1O. The van der Waals surface area contributed by atoms with Gasteiger partial charge in [0.15, 0.2) is 12.1 Å². The number of fused-ring (bicyclic) bond motifs is 1. The minimum atomic E-state index is -1.07. The molecule has 1 aromatic carbocycles. The van der Waals surface area contributed by atoms with Gasteiger partial charge in [-0.3, -0.25) is 9.59 Å². The Morgan fingerprint density at radius 2 is 2.12 bits per heavy atom. The van der Waals surface area contributed by atoms with E-state index in [0.717, 1.165) is 0 Å². The van der Waals surface area contributed by atoms with Gasteiger partial charge >= 0.3 is 0 Å². The number of carbonyl (C=O) groups is 2. The van der Waals surface area contributed by atoms with E-state index in [1.54, 1.807) is 38.1 Å². The van der Waals surface area contributed by atoms with Crippen molar-refractivity contribution in [1.29, 1.82) is 0 Å². The van der Waals surface area contributed by atoms with Gasteiger partial charge in [-0.25, -0.2) is 0 Å². The summed E-state index contributed by atoms with van der Waals surface area (Å²) in [6.07, 6.45) is -2.67. The summed E-state index contributed by atoms with van der Waals surface area (Å²) >= 11 is 0. The maximum atomic E-state index is 11.6. The van der Waals surface area contributed by atoms with Gasteiger partial charge in [0.25, 0.3) is 0 Å². The van der Waals surface area contributed by atoms with Gasteiger partial charge in [-0.1, -0.05) is 12.1 Å². The van der Waals surface area contributed by atoms with Crippen LogP contribution in [0.4, 0.5) is 0 Å². The summed E-state index contributed by atoms with van der Waals surface area (Å²) in [5.41, 5.74) is 0.339. The van der Waals surface area contributed by atoms with Crippen molar-refractivity contribution in [3.05, 3.63) is 29.8 Å². The number of amides is 1. The highest BCUT2D eigenvalue weighted by atomic mass is 16.8. The van der Waals surface area contributed by atoms with Crippen molar-refractivity contribution >= 4 is 12.2 Å². The second kappa shape index (κ2) is 7.32. The Labute approximate surface area is 151 Å². The summed E-state index contributed by atoms with van der Waals surface area (Å²) in [6, 6.07) is 5.77. The molecule has 2 aliphatic heterocycles. The van der Waals surface area contributed by atoms with Crippen LogP contribution in [0.2, 0.25) is 0 Å². The first-order chi connectivity index (χ1) is 12.3. The molecule has 8 nitrogen and oxygen atoms in total. The lowest BCUT2D eigenvalue weighted by atomic mass is 9.95. The fourth-order valence-electron chi connectivity index (χ4n) is 3.14. The first kappa shape index (κ1) is 18.8. The first-order valence-corrected chi connectivity index (χ1v) is 8.44. The molecule has 0 aromatic heterocycles. The molecule has 0 spiro atoms. The predicted octanol–water partition coefficient (Wildman–Crippen LogP) is 0.620. The van der Waals surface area contributed by atoms with Gasteiger partial charge in [0.1, 0.15) is 30.1 Å². The molecule has 2 saturated heterocycles. The number of aliphatic hydroxyl groups excluding tert-OH is 1. The molecule has 1 aromatic rings. The van der Waals surface area contributed by atoms with E-state index in [1.165, 1.54) is 6.92 Å². The summed E-state index contributed by atoms with van der Waals surface area (Å²) in [5, 5.41) is 13.4. The Kier molecular flexibility index (Phi) is 5.29. The van der Waals surface area contributed by atoms with Crippen molar-refractivity contribution in [2.75, 3.05) is 6.61 Å². The molecule has 3 rings (SSSR count).